The molecule has 1 N–H and O–H groups in total. The molecule has 0 saturated heterocycles. The second-order valence-electron chi connectivity index (χ2n) is 13.1. The highest BCUT2D eigenvalue weighted by atomic mass is 32.2. The number of sulfonamides is 1. The van der Waals surface area contributed by atoms with Gasteiger partial charge in [-0.15, -0.1) is 0 Å². The van der Waals surface area contributed by atoms with Gasteiger partial charge < -0.3 is 10.2 Å². The summed E-state index contributed by atoms with van der Waals surface area (Å²) in [5, 5.41) is 3.07. The lowest BCUT2D eigenvalue weighted by atomic mass is 10.0. The van der Waals surface area contributed by atoms with E-state index < -0.39 is 34.1 Å². The van der Waals surface area contributed by atoms with Crippen LogP contribution in [0.2, 0.25) is 0 Å². The summed E-state index contributed by atoms with van der Waals surface area (Å²) >= 11 is 0. The maximum atomic E-state index is 14.7. The van der Waals surface area contributed by atoms with E-state index in [-0.39, 0.29) is 23.8 Å². The Balaban J connectivity index is 1.85. The lowest BCUT2D eigenvalue weighted by Gasteiger charge is -2.35. The van der Waals surface area contributed by atoms with Gasteiger partial charge >= 0.3 is 0 Å². The van der Waals surface area contributed by atoms with Crippen molar-refractivity contribution in [3.05, 3.63) is 130 Å². The van der Waals surface area contributed by atoms with Crippen molar-refractivity contribution in [2.24, 2.45) is 0 Å². The van der Waals surface area contributed by atoms with Crippen LogP contribution >= 0.6 is 0 Å². The third-order valence-corrected chi connectivity index (χ3v) is 9.50. The number of hydrogen-bond donors (Lipinski definition) is 1. The topological polar surface area (TPSA) is 86.8 Å². The van der Waals surface area contributed by atoms with Crippen molar-refractivity contribution in [2.75, 3.05) is 10.8 Å². The Bertz CT molecular complexity index is 1780. The number of hydrogen-bond acceptors (Lipinski definition) is 4. The minimum absolute atomic E-state index is 0.0864. The summed E-state index contributed by atoms with van der Waals surface area (Å²) in [6.07, 6.45) is 0.258. The van der Waals surface area contributed by atoms with E-state index in [4.69, 9.17) is 0 Å². The maximum Gasteiger partial charge on any atom is 0.264 e. The number of rotatable bonds is 11. The Hall–Kier alpha value is -4.43. The number of carbonyl (C=O) groups is 2. The Labute approximate surface area is 274 Å². The molecule has 0 aromatic heterocycles. The second kappa shape index (κ2) is 14.3. The van der Waals surface area contributed by atoms with Crippen molar-refractivity contribution in [3.8, 4) is 0 Å². The first-order valence-electron chi connectivity index (χ1n) is 15.5. The molecule has 242 valence electrons. The molecule has 4 aromatic rings. The van der Waals surface area contributed by atoms with Gasteiger partial charge in [0, 0.05) is 18.5 Å². The van der Waals surface area contributed by atoms with Crippen LogP contribution in [0.3, 0.4) is 0 Å². The van der Waals surface area contributed by atoms with Crippen LogP contribution < -0.4 is 9.62 Å². The highest BCUT2D eigenvalue weighted by molar-refractivity contribution is 7.92. The highest BCUT2D eigenvalue weighted by Gasteiger charge is 2.36. The Morgan fingerprint density at radius 1 is 0.739 bits per heavy atom. The molecule has 0 bridgehead atoms. The van der Waals surface area contributed by atoms with Crippen molar-refractivity contribution in [1.82, 2.24) is 10.2 Å². The smallest absolute Gasteiger partial charge is 0.264 e. The number of nitrogens with one attached hydrogen (secondary N) is 1. The molecule has 46 heavy (non-hydrogen) atoms. The zero-order valence-electron chi connectivity index (χ0n) is 27.9. The summed E-state index contributed by atoms with van der Waals surface area (Å²) in [7, 11) is -4.17. The molecule has 1 atom stereocenters. The van der Waals surface area contributed by atoms with Crippen LogP contribution in [-0.2, 0) is 32.6 Å². The van der Waals surface area contributed by atoms with Gasteiger partial charge in [0.15, 0.2) is 0 Å². The standard InChI is InChI=1S/C38H45N3O4S/c1-27-17-20-33(21-18-27)46(44,45)41(34-23-29(3)16-19-30(34)4)26-36(42)40(25-32-15-11-12-28(2)22-32)35(37(43)39-38(5,6)7)24-31-13-9-8-10-14-31/h8-23,35H,24-26H2,1-7H3,(H,39,43)/t35-/m1/s1. The maximum absolute atomic E-state index is 14.7. The third kappa shape index (κ3) is 8.85. The van der Waals surface area contributed by atoms with E-state index in [2.05, 4.69) is 5.32 Å². The molecule has 7 nitrogen and oxygen atoms in total. The van der Waals surface area contributed by atoms with Gasteiger partial charge in [0.05, 0.1) is 10.6 Å². The number of carbonyl (C=O) groups excluding carboxylic acids is 2. The SMILES string of the molecule is Cc1ccc(S(=O)(=O)N(CC(=O)N(Cc2cccc(C)c2)[C@H](Cc2ccccc2)C(=O)NC(C)(C)C)c2cc(C)ccc2C)cc1. The fourth-order valence-electron chi connectivity index (χ4n) is 5.35. The summed E-state index contributed by atoms with van der Waals surface area (Å²) in [5.41, 5.74) is 5.11. The normalized spacial score (nSPS) is 12.3. The molecule has 0 fully saturated rings. The van der Waals surface area contributed by atoms with Gasteiger partial charge in [0.25, 0.3) is 10.0 Å². The monoisotopic (exact) mass is 639 g/mol. The molecular weight excluding hydrogens is 595 g/mol. The van der Waals surface area contributed by atoms with Gasteiger partial charge in [-0.1, -0.05) is 90.0 Å². The van der Waals surface area contributed by atoms with E-state index in [1.165, 1.54) is 9.21 Å². The molecule has 2 amide bonds. The summed E-state index contributed by atoms with van der Waals surface area (Å²) < 4.78 is 29.8. The molecule has 0 aliphatic heterocycles. The molecule has 8 heteroatoms. The first-order chi connectivity index (χ1) is 21.6. The second-order valence-corrected chi connectivity index (χ2v) is 14.9. The molecule has 0 spiro atoms. The van der Waals surface area contributed by atoms with E-state index >= 15 is 0 Å². The van der Waals surface area contributed by atoms with Crippen molar-refractivity contribution < 1.29 is 18.0 Å². The number of anilines is 1. The van der Waals surface area contributed by atoms with E-state index in [0.29, 0.717) is 11.3 Å². The molecule has 0 unspecified atom stereocenters. The van der Waals surface area contributed by atoms with Gasteiger partial charge in [0.1, 0.15) is 12.6 Å². The largest absolute Gasteiger partial charge is 0.350 e. The molecule has 0 radical (unpaired) electrons. The molecular formula is C38H45N3O4S. The zero-order valence-corrected chi connectivity index (χ0v) is 28.7. The van der Waals surface area contributed by atoms with Crippen molar-refractivity contribution >= 4 is 27.5 Å². The highest BCUT2D eigenvalue weighted by Crippen LogP contribution is 2.29. The number of amides is 2. The van der Waals surface area contributed by atoms with Gasteiger partial charge in [-0.25, -0.2) is 8.42 Å². The molecule has 0 aliphatic carbocycles. The van der Waals surface area contributed by atoms with E-state index in [1.807, 2.05) is 115 Å². The lowest BCUT2D eigenvalue weighted by molar-refractivity contribution is -0.140. The number of benzene rings is 4. The Kier molecular flexibility index (Phi) is 10.7. The van der Waals surface area contributed by atoms with Gasteiger partial charge in [0.2, 0.25) is 11.8 Å². The van der Waals surface area contributed by atoms with Crippen molar-refractivity contribution in [3.63, 3.8) is 0 Å². The van der Waals surface area contributed by atoms with Gasteiger partial charge in [-0.3, -0.25) is 13.9 Å². The molecule has 0 saturated carbocycles. The average molecular weight is 640 g/mol. The van der Waals surface area contributed by atoms with Crippen LogP contribution in [0.25, 0.3) is 0 Å². The van der Waals surface area contributed by atoms with Crippen LogP contribution in [0, 0.1) is 27.7 Å². The minimum Gasteiger partial charge on any atom is -0.350 e. The van der Waals surface area contributed by atoms with E-state index in [1.54, 1.807) is 30.3 Å². The summed E-state index contributed by atoms with van der Waals surface area (Å²) in [5.74, 6) is -0.792. The summed E-state index contributed by atoms with van der Waals surface area (Å²) in [6.45, 7) is 12.9. The predicted octanol–water partition coefficient (Wildman–Crippen LogP) is 6.67. The first-order valence-corrected chi connectivity index (χ1v) is 17.0. The summed E-state index contributed by atoms with van der Waals surface area (Å²) in [4.78, 5) is 30.3. The van der Waals surface area contributed by atoms with Crippen LogP contribution in [0.4, 0.5) is 5.69 Å². The molecule has 4 aromatic carbocycles. The quantitative estimate of drug-likeness (QED) is 0.199. The predicted molar refractivity (Wildman–Crippen MR) is 185 cm³/mol. The molecule has 4 rings (SSSR count). The average Bonchev–Trinajstić information content (AvgIpc) is 2.98. The van der Waals surface area contributed by atoms with Gasteiger partial charge in [-0.2, -0.15) is 0 Å². The van der Waals surface area contributed by atoms with Crippen molar-refractivity contribution in [1.29, 1.82) is 0 Å². The Morgan fingerprint density at radius 3 is 1.98 bits per heavy atom. The lowest BCUT2D eigenvalue weighted by Crippen LogP contribution is -2.56. The molecule has 0 heterocycles. The minimum atomic E-state index is -4.17. The Morgan fingerprint density at radius 2 is 1.35 bits per heavy atom. The fourth-order valence-corrected chi connectivity index (χ4v) is 6.82. The van der Waals surface area contributed by atoms with Crippen molar-refractivity contribution in [2.45, 2.75) is 77.9 Å². The van der Waals surface area contributed by atoms with Crippen LogP contribution in [0.5, 0.6) is 0 Å². The summed E-state index contributed by atoms with van der Waals surface area (Å²) in [6, 6.07) is 28.6. The molecule has 0 aliphatic rings. The van der Waals surface area contributed by atoms with Gasteiger partial charge in [-0.05, 0) is 88.9 Å². The van der Waals surface area contributed by atoms with Crippen LogP contribution in [0.15, 0.2) is 102 Å². The van der Waals surface area contributed by atoms with E-state index in [0.717, 1.165) is 27.8 Å². The van der Waals surface area contributed by atoms with Crippen LogP contribution in [-0.4, -0.2) is 43.3 Å². The van der Waals surface area contributed by atoms with E-state index in [9.17, 15) is 18.0 Å². The fraction of sp³-hybridized carbons (Fsp3) is 0.316. The number of aryl methyl sites for hydroxylation is 4. The third-order valence-electron chi connectivity index (χ3n) is 7.73. The first kappa shape index (κ1) is 34.4. The zero-order chi connectivity index (χ0) is 33.6. The number of nitrogens with zero attached hydrogens (tertiary/aromatic N) is 2. The van der Waals surface area contributed by atoms with Crippen LogP contribution in [0.1, 0.15) is 54.2 Å².